The van der Waals surface area contributed by atoms with Crippen LogP contribution in [0.1, 0.15) is 29.8 Å². The summed E-state index contributed by atoms with van der Waals surface area (Å²) in [5.41, 5.74) is 6.52. The van der Waals surface area contributed by atoms with Crippen molar-refractivity contribution in [2.75, 3.05) is 19.8 Å². The second-order valence-electron chi connectivity index (χ2n) is 4.79. The van der Waals surface area contributed by atoms with Crippen molar-refractivity contribution in [3.8, 4) is 0 Å². The summed E-state index contributed by atoms with van der Waals surface area (Å²) in [6.45, 7) is 5.78. The monoisotopic (exact) mass is 279 g/mol. The Hall–Kier alpha value is -2.08. The predicted molar refractivity (Wildman–Crippen MR) is 76.9 cm³/mol. The standard InChI is InChI=1S/C14H21N3O3/c1-10(2)9-20-8-7-16-14(18)12-5-3-11(4-6-12)13(15)17-19/h3-6,10,19H,7-9H2,1-2H3,(H2,15,17)(H,16,18). The number of amides is 1. The molecule has 4 N–H and O–H groups in total. The number of amidine groups is 1. The van der Waals surface area contributed by atoms with Crippen molar-refractivity contribution in [2.24, 2.45) is 16.8 Å². The number of carbonyl (C=O) groups is 1. The van der Waals surface area contributed by atoms with E-state index in [1.165, 1.54) is 0 Å². The van der Waals surface area contributed by atoms with Gasteiger partial charge in [0.2, 0.25) is 0 Å². The third-order valence-corrected chi connectivity index (χ3v) is 2.53. The number of carbonyl (C=O) groups excluding carboxylic acids is 1. The number of hydrogen-bond acceptors (Lipinski definition) is 4. The van der Waals surface area contributed by atoms with E-state index in [1.54, 1.807) is 24.3 Å². The first-order valence-electron chi connectivity index (χ1n) is 6.48. The van der Waals surface area contributed by atoms with Gasteiger partial charge in [-0.15, -0.1) is 0 Å². The SMILES string of the molecule is CC(C)COCCNC(=O)c1ccc(/C(N)=N/O)cc1. The fraction of sp³-hybridized carbons (Fsp3) is 0.429. The molecule has 0 atom stereocenters. The number of benzene rings is 1. The topological polar surface area (TPSA) is 96.9 Å². The summed E-state index contributed by atoms with van der Waals surface area (Å²) in [6.07, 6.45) is 0. The van der Waals surface area contributed by atoms with Crippen LogP contribution in [0.4, 0.5) is 0 Å². The van der Waals surface area contributed by atoms with Gasteiger partial charge in [0, 0.05) is 24.3 Å². The molecule has 0 fully saturated rings. The molecule has 0 saturated carbocycles. The summed E-state index contributed by atoms with van der Waals surface area (Å²) in [5, 5.41) is 14.2. The van der Waals surface area contributed by atoms with E-state index in [1.807, 2.05) is 0 Å². The number of rotatable bonds is 7. The average molecular weight is 279 g/mol. The zero-order valence-corrected chi connectivity index (χ0v) is 11.8. The fourth-order valence-corrected chi connectivity index (χ4v) is 1.51. The van der Waals surface area contributed by atoms with Gasteiger partial charge in [-0.2, -0.15) is 0 Å². The Morgan fingerprint density at radius 2 is 1.95 bits per heavy atom. The second-order valence-corrected chi connectivity index (χ2v) is 4.79. The molecule has 110 valence electrons. The Bertz CT molecular complexity index is 455. The van der Waals surface area contributed by atoms with E-state index in [2.05, 4.69) is 24.3 Å². The Kier molecular flexibility index (Phi) is 6.52. The molecule has 0 heterocycles. The van der Waals surface area contributed by atoms with Gasteiger partial charge in [-0.1, -0.05) is 31.1 Å². The van der Waals surface area contributed by atoms with E-state index in [9.17, 15) is 4.79 Å². The Labute approximate surface area is 118 Å². The van der Waals surface area contributed by atoms with E-state index in [-0.39, 0.29) is 11.7 Å². The van der Waals surface area contributed by atoms with Gasteiger partial charge in [-0.05, 0) is 18.1 Å². The zero-order valence-electron chi connectivity index (χ0n) is 11.8. The highest BCUT2D eigenvalue weighted by Gasteiger charge is 2.06. The van der Waals surface area contributed by atoms with Crippen LogP contribution in [0.3, 0.4) is 0 Å². The summed E-state index contributed by atoms with van der Waals surface area (Å²) in [5.74, 6) is 0.320. The molecular formula is C14H21N3O3. The molecule has 1 rings (SSSR count). The lowest BCUT2D eigenvalue weighted by atomic mass is 10.1. The van der Waals surface area contributed by atoms with Crippen LogP contribution in [0.15, 0.2) is 29.4 Å². The van der Waals surface area contributed by atoms with Gasteiger partial charge < -0.3 is 21.0 Å². The smallest absolute Gasteiger partial charge is 0.251 e. The van der Waals surface area contributed by atoms with Gasteiger partial charge in [0.25, 0.3) is 5.91 Å². The molecule has 0 aliphatic heterocycles. The lowest BCUT2D eigenvalue weighted by molar-refractivity contribution is 0.0886. The summed E-state index contributed by atoms with van der Waals surface area (Å²) in [7, 11) is 0. The number of nitrogens with zero attached hydrogens (tertiary/aromatic N) is 1. The maximum atomic E-state index is 11.8. The molecule has 0 aromatic heterocycles. The first kappa shape index (κ1) is 16.0. The number of ether oxygens (including phenoxy) is 1. The zero-order chi connectivity index (χ0) is 15.0. The molecule has 0 aliphatic rings. The predicted octanol–water partition coefficient (Wildman–Crippen LogP) is 1.18. The molecule has 6 heteroatoms. The maximum Gasteiger partial charge on any atom is 0.251 e. The minimum Gasteiger partial charge on any atom is -0.409 e. The van der Waals surface area contributed by atoms with Crippen molar-refractivity contribution in [1.29, 1.82) is 0 Å². The van der Waals surface area contributed by atoms with Gasteiger partial charge in [-0.25, -0.2) is 0 Å². The number of nitrogens with two attached hydrogens (primary N) is 1. The summed E-state index contributed by atoms with van der Waals surface area (Å²) >= 11 is 0. The van der Waals surface area contributed by atoms with Crippen LogP contribution in [0, 0.1) is 5.92 Å². The van der Waals surface area contributed by atoms with E-state index >= 15 is 0 Å². The van der Waals surface area contributed by atoms with E-state index < -0.39 is 0 Å². The fourth-order valence-electron chi connectivity index (χ4n) is 1.51. The highest BCUT2D eigenvalue weighted by Crippen LogP contribution is 2.04. The summed E-state index contributed by atoms with van der Waals surface area (Å²) in [6, 6.07) is 6.49. The van der Waals surface area contributed by atoms with E-state index in [0.717, 1.165) is 0 Å². The van der Waals surface area contributed by atoms with Gasteiger partial charge in [0.05, 0.1) is 6.61 Å². The molecule has 0 spiro atoms. The van der Waals surface area contributed by atoms with Gasteiger partial charge in [0.1, 0.15) is 0 Å². The average Bonchev–Trinajstić information content (AvgIpc) is 2.45. The molecule has 0 saturated heterocycles. The quantitative estimate of drug-likeness (QED) is 0.229. The van der Waals surface area contributed by atoms with Crippen molar-refractivity contribution in [3.63, 3.8) is 0 Å². The summed E-state index contributed by atoms with van der Waals surface area (Å²) < 4.78 is 5.37. The molecule has 20 heavy (non-hydrogen) atoms. The van der Waals surface area contributed by atoms with Crippen LogP contribution < -0.4 is 11.1 Å². The first-order valence-corrected chi connectivity index (χ1v) is 6.48. The molecule has 1 amide bonds. The summed E-state index contributed by atoms with van der Waals surface area (Å²) in [4.78, 5) is 11.8. The molecular weight excluding hydrogens is 258 g/mol. The number of oxime groups is 1. The maximum absolute atomic E-state index is 11.8. The normalized spacial score (nSPS) is 11.7. The largest absolute Gasteiger partial charge is 0.409 e. The van der Waals surface area contributed by atoms with E-state index in [0.29, 0.717) is 36.8 Å². The molecule has 1 aromatic carbocycles. The van der Waals surface area contributed by atoms with Gasteiger partial charge in [-0.3, -0.25) is 4.79 Å². The van der Waals surface area contributed by atoms with Gasteiger partial charge >= 0.3 is 0 Å². The van der Waals surface area contributed by atoms with Crippen molar-refractivity contribution >= 4 is 11.7 Å². The molecule has 0 radical (unpaired) electrons. The van der Waals surface area contributed by atoms with Crippen LogP contribution in [0.25, 0.3) is 0 Å². The van der Waals surface area contributed by atoms with Crippen molar-refractivity contribution in [1.82, 2.24) is 5.32 Å². The van der Waals surface area contributed by atoms with Crippen LogP contribution in [0.5, 0.6) is 0 Å². The molecule has 0 bridgehead atoms. The Morgan fingerprint density at radius 3 is 2.50 bits per heavy atom. The van der Waals surface area contributed by atoms with Crippen LogP contribution >= 0.6 is 0 Å². The molecule has 0 unspecified atom stereocenters. The lowest BCUT2D eigenvalue weighted by Crippen LogP contribution is -2.27. The van der Waals surface area contributed by atoms with Crippen LogP contribution in [-0.2, 0) is 4.74 Å². The number of hydrogen-bond donors (Lipinski definition) is 3. The lowest BCUT2D eigenvalue weighted by Gasteiger charge is -2.08. The van der Waals surface area contributed by atoms with Crippen LogP contribution in [0.2, 0.25) is 0 Å². The molecule has 6 nitrogen and oxygen atoms in total. The van der Waals surface area contributed by atoms with E-state index in [4.69, 9.17) is 15.7 Å². The molecule has 0 aliphatic carbocycles. The Balaban J connectivity index is 2.40. The molecule has 1 aromatic rings. The second kappa shape index (κ2) is 8.16. The third-order valence-electron chi connectivity index (χ3n) is 2.53. The van der Waals surface area contributed by atoms with Gasteiger partial charge in [0.15, 0.2) is 5.84 Å². The Morgan fingerprint density at radius 1 is 1.35 bits per heavy atom. The van der Waals surface area contributed by atoms with Crippen LogP contribution in [-0.4, -0.2) is 36.7 Å². The minimum atomic E-state index is -0.177. The highest BCUT2D eigenvalue weighted by molar-refractivity contribution is 5.99. The third kappa shape index (κ3) is 5.27. The first-order chi connectivity index (χ1) is 9.54. The van der Waals surface area contributed by atoms with Crippen molar-refractivity contribution < 1.29 is 14.7 Å². The van der Waals surface area contributed by atoms with Crippen molar-refractivity contribution in [2.45, 2.75) is 13.8 Å². The van der Waals surface area contributed by atoms with Crippen molar-refractivity contribution in [3.05, 3.63) is 35.4 Å². The number of nitrogens with one attached hydrogen (secondary N) is 1. The highest BCUT2D eigenvalue weighted by atomic mass is 16.5. The minimum absolute atomic E-state index is 0.0130.